The van der Waals surface area contributed by atoms with Gasteiger partial charge in [-0.2, -0.15) is 0 Å². The predicted molar refractivity (Wildman–Crippen MR) is 59.4 cm³/mol. The van der Waals surface area contributed by atoms with E-state index in [9.17, 15) is 4.79 Å². The molecule has 1 aliphatic carbocycles. The Morgan fingerprint density at radius 2 is 2.20 bits per heavy atom. The minimum Gasteiger partial charge on any atom is -0.384 e. The number of nitrogens with one attached hydrogen (secondary N) is 1. The summed E-state index contributed by atoms with van der Waals surface area (Å²) in [4.78, 5) is 11.3. The van der Waals surface area contributed by atoms with Gasteiger partial charge in [0, 0.05) is 26.1 Å². The van der Waals surface area contributed by atoms with Crippen LogP contribution < -0.4 is 11.1 Å². The van der Waals surface area contributed by atoms with Crippen LogP contribution in [0.15, 0.2) is 0 Å². The molecule has 0 aromatic rings. The fourth-order valence-corrected chi connectivity index (χ4v) is 2.02. The molecule has 1 saturated carbocycles. The van der Waals surface area contributed by atoms with Crippen molar-refractivity contribution in [2.45, 2.75) is 38.1 Å². The van der Waals surface area contributed by atoms with Crippen LogP contribution in [0.1, 0.15) is 32.1 Å². The van der Waals surface area contributed by atoms with E-state index in [1.165, 1.54) is 12.8 Å². The molecule has 15 heavy (non-hydrogen) atoms. The van der Waals surface area contributed by atoms with Crippen LogP contribution in [-0.2, 0) is 9.53 Å². The van der Waals surface area contributed by atoms with Crippen LogP contribution in [0.4, 0.5) is 0 Å². The minimum atomic E-state index is 0.0645. The van der Waals surface area contributed by atoms with Crippen LogP contribution >= 0.6 is 0 Å². The van der Waals surface area contributed by atoms with Crippen molar-refractivity contribution in [3.63, 3.8) is 0 Å². The van der Waals surface area contributed by atoms with Crippen molar-refractivity contribution >= 4 is 5.91 Å². The van der Waals surface area contributed by atoms with E-state index in [2.05, 4.69) is 5.32 Å². The molecule has 1 fully saturated rings. The average Bonchev–Trinajstić information content (AvgIpc) is 2.25. The van der Waals surface area contributed by atoms with Crippen molar-refractivity contribution in [3.05, 3.63) is 0 Å². The molecule has 0 aromatic carbocycles. The van der Waals surface area contributed by atoms with Gasteiger partial charge in [0.25, 0.3) is 0 Å². The van der Waals surface area contributed by atoms with Gasteiger partial charge in [-0.05, 0) is 18.8 Å². The third kappa shape index (κ3) is 4.62. The standard InChI is InChI=1S/C11H22N2O2/c1-15-7-6-11(14)13-8-9-4-2-3-5-10(9)12/h9-10H,2-8,12H2,1H3,(H,13,14). The van der Waals surface area contributed by atoms with Crippen molar-refractivity contribution in [1.29, 1.82) is 0 Å². The summed E-state index contributed by atoms with van der Waals surface area (Å²) in [7, 11) is 1.60. The van der Waals surface area contributed by atoms with E-state index < -0.39 is 0 Å². The van der Waals surface area contributed by atoms with Crippen LogP contribution in [-0.4, -0.2) is 32.2 Å². The van der Waals surface area contributed by atoms with Crippen molar-refractivity contribution in [2.75, 3.05) is 20.3 Å². The smallest absolute Gasteiger partial charge is 0.222 e. The number of rotatable bonds is 5. The number of amides is 1. The first-order valence-electron chi connectivity index (χ1n) is 5.75. The van der Waals surface area contributed by atoms with Crippen LogP contribution in [0.2, 0.25) is 0 Å². The molecule has 1 rings (SSSR count). The molecule has 2 atom stereocenters. The fourth-order valence-electron chi connectivity index (χ4n) is 2.02. The van der Waals surface area contributed by atoms with Crippen LogP contribution in [0.5, 0.6) is 0 Å². The molecule has 1 aliphatic rings. The third-order valence-corrected chi connectivity index (χ3v) is 3.06. The molecular formula is C11H22N2O2. The maximum absolute atomic E-state index is 11.3. The van der Waals surface area contributed by atoms with Gasteiger partial charge in [-0.25, -0.2) is 0 Å². The Labute approximate surface area is 91.5 Å². The summed E-state index contributed by atoms with van der Waals surface area (Å²) in [5.41, 5.74) is 5.99. The Morgan fingerprint density at radius 1 is 1.47 bits per heavy atom. The van der Waals surface area contributed by atoms with Crippen LogP contribution in [0.25, 0.3) is 0 Å². The van der Waals surface area contributed by atoms with Gasteiger partial charge in [-0.15, -0.1) is 0 Å². The summed E-state index contributed by atoms with van der Waals surface area (Å²) in [6.07, 6.45) is 5.16. The van der Waals surface area contributed by atoms with Gasteiger partial charge in [0.05, 0.1) is 6.61 Å². The SMILES string of the molecule is COCCC(=O)NCC1CCCCC1N. The van der Waals surface area contributed by atoms with E-state index in [4.69, 9.17) is 10.5 Å². The monoisotopic (exact) mass is 214 g/mol. The first-order chi connectivity index (χ1) is 7.24. The minimum absolute atomic E-state index is 0.0645. The number of carbonyl (C=O) groups is 1. The first kappa shape index (κ1) is 12.5. The number of nitrogens with two attached hydrogens (primary N) is 1. The first-order valence-corrected chi connectivity index (χ1v) is 5.75. The highest BCUT2D eigenvalue weighted by Gasteiger charge is 2.21. The summed E-state index contributed by atoms with van der Waals surface area (Å²) >= 11 is 0. The van der Waals surface area contributed by atoms with Gasteiger partial charge >= 0.3 is 0 Å². The molecular weight excluding hydrogens is 192 g/mol. The van der Waals surface area contributed by atoms with E-state index in [1.807, 2.05) is 0 Å². The predicted octanol–water partition coefficient (Wildman–Crippen LogP) is 0.657. The Kier molecular flexibility index (Phi) is 5.65. The highest BCUT2D eigenvalue weighted by atomic mass is 16.5. The Morgan fingerprint density at radius 3 is 2.87 bits per heavy atom. The molecule has 4 nitrogen and oxygen atoms in total. The molecule has 0 aromatic heterocycles. The second-order valence-electron chi connectivity index (χ2n) is 4.26. The molecule has 1 amide bonds. The topological polar surface area (TPSA) is 64.3 Å². The van der Waals surface area contributed by atoms with Crippen molar-refractivity contribution < 1.29 is 9.53 Å². The van der Waals surface area contributed by atoms with Gasteiger partial charge in [-0.1, -0.05) is 12.8 Å². The summed E-state index contributed by atoms with van der Waals surface area (Å²) in [5.74, 6) is 0.528. The summed E-state index contributed by atoms with van der Waals surface area (Å²) in [5, 5.41) is 2.92. The van der Waals surface area contributed by atoms with Crippen molar-refractivity contribution in [1.82, 2.24) is 5.32 Å². The molecule has 0 aliphatic heterocycles. The zero-order chi connectivity index (χ0) is 11.1. The van der Waals surface area contributed by atoms with E-state index in [0.717, 1.165) is 19.4 Å². The van der Waals surface area contributed by atoms with Gasteiger partial charge in [0.1, 0.15) is 0 Å². The number of carbonyl (C=O) groups excluding carboxylic acids is 1. The molecule has 2 unspecified atom stereocenters. The van der Waals surface area contributed by atoms with E-state index in [0.29, 0.717) is 18.9 Å². The lowest BCUT2D eigenvalue weighted by Crippen LogP contribution is -2.41. The zero-order valence-corrected chi connectivity index (χ0v) is 9.50. The second kappa shape index (κ2) is 6.80. The molecule has 0 radical (unpaired) electrons. The molecule has 0 spiro atoms. The highest BCUT2D eigenvalue weighted by molar-refractivity contribution is 5.75. The molecule has 0 saturated heterocycles. The molecule has 3 N–H and O–H groups in total. The van der Waals surface area contributed by atoms with Gasteiger partial charge < -0.3 is 15.8 Å². The number of ether oxygens (including phenoxy) is 1. The molecule has 0 heterocycles. The number of methoxy groups -OCH3 is 1. The van der Waals surface area contributed by atoms with E-state index in [1.54, 1.807) is 7.11 Å². The van der Waals surface area contributed by atoms with Gasteiger partial charge in [0.2, 0.25) is 5.91 Å². The highest BCUT2D eigenvalue weighted by Crippen LogP contribution is 2.22. The lowest BCUT2D eigenvalue weighted by molar-refractivity contribution is -0.122. The van der Waals surface area contributed by atoms with E-state index in [-0.39, 0.29) is 11.9 Å². The third-order valence-electron chi connectivity index (χ3n) is 3.06. The van der Waals surface area contributed by atoms with Crippen molar-refractivity contribution in [2.24, 2.45) is 11.7 Å². The molecule has 4 heteroatoms. The number of hydrogen-bond donors (Lipinski definition) is 2. The van der Waals surface area contributed by atoms with Gasteiger partial charge in [0.15, 0.2) is 0 Å². The normalized spacial score (nSPS) is 26.3. The zero-order valence-electron chi connectivity index (χ0n) is 9.50. The Hall–Kier alpha value is -0.610. The largest absolute Gasteiger partial charge is 0.384 e. The fraction of sp³-hybridized carbons (Fsp3) is 0.909. The Bertz CT molecular complexity index is 197. The lowest BCUT2D eigenvalue weighted by atomic mass is 9.85. The van der Waals surface area contributed by atoms with Crippen LogP contribution in [0.3, 0.4) is 0 Å². The number of hydrogen-bond acceptors (Lipinski definition) is 3. The van der Waals surface area contributed by atoms with Crippen LogP contribution in [0, 0.1) is 5.92 Å². The van der Waals surface area contributed by atoms with E-state index >= 15 is 0 Å². The maximum atomic E-state index is 11.3. The van der Waals surface area contributed by atoms with Gasteiger partial charge in [-0.3, -0.25) is 4.79 Å². The lowest BCUT2D eigenvalue weighted by Gasteiger charge is -2.28. The molecule has 88 valence electrons. The quantitative estimate of drug-likeness (QED) is 0.706. The maximum Gasteiger partial charge on any atom is 0.222 e. The molecule has 0 bridgehead atoms. The van der Waals surface area contributed by atoms with Crippen molar-refractivity contribution in [3.8, 4) is 0 Å². The summed E-state index contributed by atoms with van der Waals surface area (Å²) in [6, 6.07) is 0.265. The average molecular weight is 214 g/mol. The second-order valence-corrected chi connectivity index (χ2v) is 4.26. The Balaban J connectivity index is 2.14. The summed E-state index contributed by atoms with van der Waals surface area (Å²) in [6.45, 7) is 1.21. The summed E-state index contributed by atoms with van der Waals surface area (Å²) < 4.78 is 4.84.